The molecule has 16 heavy (non-hydrogen) atoms. The highest BCUT2D eigenvalue weighted by Gasteiger charge is 2.09. The van der Waals surface area contributed by atoms with Crippen LogP contribution in [-0.2, 0) is 6.54 Å². The number of nitrogens with one attached hydrogen (secondary N) is 1. The molecule has 0 heterocycles. The third kappa shape index (κ3) is 4.26. The van der Waals surface area contributed by atoms with Crippen LogP contribution >= 0.6 is 11.6 Å². The van der Waals surface area contributed by atoms with Gasteiger partial charge in [0.1, 0.15) is 5.82 Å². The molecule has 0 spiro atoms. The zero-order chi connectivity index (χ0) is 11.3. The molecule has 2 nitrogen and oxygen atoms in total. The van der Waals surface area contributed by atoms with Gasteiger partial charge in [-0.25, -0.2) is 4.39 Å². The summed E-state index contributed by atoms with van der Waals surface area (Å²) in [5.74, 6) is -0.317. The lowest BCUT2D eigenvalue weighted by atomic mass is 10.2. The van der Waals surface area contributed by atoms with Gasteiger partial charge in [-0.1, -0.05) is 24.6 Å². The second-order valence-corrected chi connectivity index (χ2v) is 3.78. The predicted octanol–water partition coefficient (Wildman–Crippen LogP) is -0.656. The van der Waals surface area contributed by atoms with Crippen molar-refractivity contribution in [3.8, 4) is 0 Å². The highest BCUT2D eigenvalue weighted by molar-refractivity contribution is 6.31. The molecule has 0 aromatic heterocycles. The zero-order valence-electron chi connectivity index (χ0n) is 9.01. The van der Waals surface area contributed by atoms with E-state index < -0.39 is 0 Å². The number of halogens is 3. The Kier molecular flexibility index (Phi) is 7.68. The van der Waals surface area contributed by atoms with Crippen LogP contribution in [0.2, 0.25) is 5.02 Å². The van der Waals surface area contributed by atoms with Crippen LogP contribution in [0, 0.1) is 5.82 Å². The molecule has 2 N–H and O–H groups in total. The van der Waals surface area contributed by atoms with Gasteiger partial charge in [0.15, 0.2) is 0 Å². The molecule has 0 amide bonds. The van der Waals surface area contributed by atoms with E-state index in [0.717, 1.165) is 6.42 Å². The summed E-state index contributed by atoms with van der Waals surface area (Å²) < 4.78 is 13.3. The van der Waals surface area contributed by atoms with Gasteiger partial charge in [-0.3, -0.25) is 0 Å². The Balaban J connectivity index is 0.00000225. The molecular formula is C11H15Cl2FNO-. The Labute approximate surface area is 106 Å². The molecule has 1 rings (SSSR count). The number of aliphatic hydroxyl groups is 1. The van der Waals surface area contributed by atoms with E-state index in [1.807, 2.05) is 6.92 Å². The fraction of sp³-hybridized carbons (Fsp3) is 0.455. The summed E-state index contributed by atoms with van der Waals surface area (Å²) in [6.07, 6.45) is 0.794. The van der Waals surface area contributed by atoms with E-state index in [1.54, 1.807) is 12.1 Å². The maximum absolute atomic E-state index is 13.3. The number of aliphatic hydroxyl groups excluding tert-OH is 1. The van der Waals surface area contributed by atoms with Crippen molar-refractivity contribution < 1.29 is 21.9 Å². The van der Waals surface area contributed by atoms with Gasteiger partial charge >= 0.3 is 0 Å². The van der Waals surface area contributed by atoms with Crippen molar-refractivity contribution in [1.29, 1.82) is 0 Å². The summed E-state index contributed by atoms with van der Waals surface area (Å²) >= 11 is 5.86. The first-order chi connectivity index (χ1) is 7.19. The molecule has 5 heteroatoms. The second kappa shape index (κ2) is 7.85. The maximum Gasteiger partial charge on any atom is 0.129 e. The van der Waals surface area contributed by atoms with E-state index in [4.69, 9.17) is 16.7 Å². The van der Waals surface area contributed by atoms with Gasteiger partial charge in [0, 0.05) is 23.2 Å². The van der Waals surface area contributed by atoms with Crippen molar-refractivity contribution in [2.24, 2.45) is 0 Å². The molecule has 0 saturated heterocycles. The fourth-order valence-corrected chi connectivity index (χ4v) is 1.52. The summed E-state index contributed by atoms with van der Waals surface area (Å²) in [5.41, 5.74) is 0.450. The Morgan fingerprint density at radius 2 is 2.19 bits per heavy atom. The fourth-order valence-electron chi connectivity index (χ4n) is 1.29. The molecule has 0 aliphatic rings. The van der Waals surface area contributed by atoms with Crippen molar-refractivity contribution in [1.82, 2.24) is 5.32 Å². The number of hydrogen-bond acceptors (Lipinski definition) is 2. The van der Waals surface area contributed by atoms with E-state index in [2.05, 4.69) is 5.32 Å². The Hall–Kier alpha value is -0.350. The van der Waals surface area contributed by atoms with Gasteiger partial charge in [-0.2, -0.15) is 0 Å². The van der Waals surface area contributed by atoms with Crippen molar-refractivity contribution in [2.75, 3.05) is 6.61 Å². The Morgan fingerprint density at radius 3 is 2.69 bits per heavy atom. The van der Waals surface area contributed by atoms with Crippen LogP contribution in [0.3, 0.4) is 0 Å². The summed E-state index contributed by atoms with van der Waals surface area (Å²) in [7, 11) is 0. The quantitative estimate of drug-likeness (QED) is 0.742. The highest BCUT2D eigenvalue weighted by Crippen LogP contribution is 2.18. The minimum atomic E-state index is -0.317. The van der Waals surface area contributed by atoms with Gasteiger partial charge < -0.3 is 22.8 Å². The summed E-state index contributed by atoms with van der Waals surface area (Å²) in [6.45, 7) is 2.34. The van der Waals surface area contributed by atoms with Crippen LogP contribution in [0.4, 0.5) is 4.39 Å². The van der Waals surface area contributed by atoms with Crippen LogP contribution in [-0.4, -0.2) is 17.8 Å². The van der Waals surface area contributed by atoms with E-state index in [9.17, 15) is 4.39 Å². The summed E-state index contributed by atoms with van der Waals surface area (Å²) in [5, 5.41) is 12.4. The number of rotatable bonds is 5. The lowest BCUT2D eigenvalue weighted by Crippen LogP contribution is -3.00. The van der Waals surface area contributed by atoms with E-state index in [0.29, 0.717) is 17.1 Å². The third-order valence-electron chi connectivity index (χ3n) is 2.34. The van der Waals surface area contributed by atoms with Crippen LogP contribution in [0.5, 0.6) is 0 Å². The summed E-state index contributed by atoms with van der Waals surface area (Å²) in [6, 6.07) is 4.59. The van der Waals surface area contributed by atoms with Gasteiger partial charge in [0.2, 0.25) is 0 Å². The van der Waals surface area contributed by atoms with Gasteiger partial charge in [0.05, 0.1) is 6.61 Å². The van der Waals surface area contributed by atoms with E-state index in [-0.39, 0.29) is 30.9 Å². The average molecular weight is 267 g/mol. The monoisotopic (exact) mass is 266 g/mol. The van der Waals surface area contributed by atoms with Crippen molar-refractivity contribution in [2.45, 2.75) is 25.9 Å². The molecular weight excluding hydrogens is 252 g/mol. The standard InChI is InChI=1S/C11H15ClFNO.ClH/c1-2-8(7-15)14-6-9-10(12)4-3-5-11(9)13;/h3-5,8,14-15H,2,6-7H2,1H3;1H/p-1. The molecule has 0 aliphatic carbocycles. The van der Waals surface area contributed by atoms with Crippen LogP contribution in [0.25, 0.3) is 0 Å². The highest BCUT2D eigenvalue weighted by atomic mass is 35.5. The average Bonchev–Trinajstić information content (AvgIpc) is 2.23. The molecule has 92 valence electrons. The molecule has 1 aromatic carbocycles. The van der Waals surface area contributed by atoms with Crippen molar-refractivity contribution in [3.63, 3.8) is 0 Å². The third-order valence-corrected chi connectivity index (χ3v) is 2.70. The smallest absolute Gasteiger partial charge is 0.129 e. The number of hydrogen-bond donors (Lipinski definition) is 2. The van der Waals surface area contributed by atoms with Crippen LogP contribution in [0.1, 0.15) is 18.9 Å². The van der Waals surface area contributed by atoms with Gasteiger partial charge in [0.25, 0.3) is 0 Å². The largest absolute Gasteiger partial charge is 1.00 e. The maximum atomic E-state index is 13.3. The molecule has 0 aliphatic heterocycles. The lowest BCUT2D eigenvalue weighted by Gasteiger charge is -2.14. The molecule has 0 bridgehead atoms. The lowest BCUT2D eigenvalue weighted by molar-refractivity contribution is -0.00000465. The van der Waals surface area contributed by atoms with Gasteiger partial charge in [-0.05, 0) is 18.6 Å². The number of benzene rings is 1. The van der Waals surface area contributed by atoms with Crippen molar-refractivity contribution >= 4 is 11.6 Å². The SMILES string of the molecule is CCC(CO)NCc1c(F)cccc1Cl.[Cl-]. The normalized spacial score (nSPS) is 12.0. The van der Waals surface area contributed by atoms with E-state index in [1.165, 1.54) is 6.07 Å². The summed E-state index contributed by atoms with van der Waals surface area (Å²) in [4.78, 5) is 0. The molecule has 1 atom stereocenters. The minimum absolute atomic E-state index is 0. The predicted molar refractivity (Wildman–Crippen MR) is 59.4 cm³/mol. The Morgan fingerprint density at radius 1 is 1.50 bits per heavy atom. The van der Waals surface area contributed by atoms with Crippen LogP contribution < -0.4 is 17.7 Å². The molecule has 0 saturated carbocycles. The first-order valence-electron chi connectivity index (χ1n) is 4.96. The van der Waals surface area contributed by atoms with Crippen LogP contribution in [0.15, 0.2) is 18.2 Å². The zero-order valence-corrected chi connectivity index (χ0v) is 10.5. The first-order valence-corrected chi connectivity index (χ1v) is 5.34. The first kappa shape index (κ1) is 15.7. The molecule has 1 unspecified atom stereocenters. The van der Waals surface area contributed by atoms with Crippen molar-refractivity contribution in [3.05, 3.63) is 34.6 Å². The van der Waals surface area contributed by atoms with Gasteiger partial charge in [-0.15, -0.1) is 0 Å². The molecule has 0 fully saturated rings. The second-order valence-electron chi connectivity index (χ2n) is 3.37. The minimum Gasteiger partial charge on any atom is -1.00 e. The Bertz CT molecular complexity index is 299. The van der Waals surface area contributed by atoms with E-state index >= 15 is 0 Å². The molecule has 1 aromatic rings. The topological polar surface area (TPSA) is 32.3 Å². The molecule has 0 radical (unpaired) electrons.